The second-order valence-corrected chi connectivity index (χ2v) is 5.63. The summed E-state index contributed by atoms with van der Waals surface area (Å²) in [4.78, 5) is 26.7. The summed E-state index contributed by atoms with van der Waals surface area (Å²) in [6.45, 7) is 1.91. The van der Waals surface area contributed by atoms with Gasteiger partial charge < -0.3 is 24.7 Å². The predicted molar refractivity (Wildman–Crippen MR) is 75.0 cm³/mol. The van der Waals surface area contributed by atoms with Gasteiger partial charge in [0.25, 0.3) is 0 Å². The third-order valence-electron chi connectivity index (χ3n) is 3.96. The van der Waals surface area contributed by atoms with Crippen LogP contribution in [0, 0.1) is 0 Å². The van der Waals surface area contributed by atoms with Crippen LogP contribution in [-0.2, 0) is 9.53 Å². The standard InChI is InChI=1S/C14H24N2O5/c17-9-10-21-12-3-6-15(7-4-12)14(20)16(11-1-2-11)8-5-13(18)19/h11-12,17H,1-10H2,(H,18,19). The second-order valence-electron chi connectivity index (χ2n) is 5.63. The van der Waals surface area contributed by atoms with Gasteiger partial charge in [0, 0.05) is 25.7 Å². The molecule has 1 heterocycles. The van der Waals surface area contributed by atoms with Gasteiger partial charge in [0.1, 0.15) is 0 Å². The predicted octanol–water partition coefficient (Wildman–Crippen LogP) is 0.519. The van der Waals surface area contributed by atoms with Crippen molar-refractivity contribution in [3.8, 4) is 0 Å². The Morgan fingerprint density at radius 3 is 2.38 bits per heavy atom. The number of carbonyl (C=O) groups is 2. The van der Waals surface area contributed by atoms with Gasteiger partial charge in [-0.1, -0.05) is 0 Å². The highest BCUT2D eigenvalue weighted by Crippen LogP contribution is 2.28. The number of carboxylic acids is 1. The summed E-state index contributed by atoms with van der Waals surface area (Å²) in [7, 11) is 0. The molecule has 0 aromatic heterocycles. The average Bonchev–Trinajstić information content (AvgIpc) is 3.30. The van der Waals surface area contributed by atoms with E-state index in [1.807, 2.05) is 0 Å². The van der Waals surface area contributed by atoms with Gasteiger partial charge in [-0.3, -0.25) is 4.79 Å². The third-order valence-corrected chi connectivity index (χ3v) is 3.96. The van der Waals surface area contributed by atoms with Crippen LogP contribution in [0.3, 0.4) is 0 Å². The Balaban J connectivity index is 1.80. The van der Waals surface area contributed by atoms with E-state index in [0.717, 1.165) is 25.7 Å². The van der Waals surface area contributed by atoms with Crippen LogP contribution in [0.4, 0.5) is 4.79 Å². The number of amides is 2. The van der Waals surface area contributed by atoms with Crippen molar-refractivity contribution in [2.75, 3.05) is 32.8 Å². The summed E-state index contributed by atoms with van der Waals surface area (Å²) in [5.74, 6) is -0.871. The highest BCUT2D eigenvalue weighted by Gasteiger charge is 2.36. The maximum atomic E-state index is 12.5. The molecule has 1 aliphatic carbocycles. The van der Waals surface area contributed by atoms with Crippen molar-refractivity contribution in [1.82, 2.24) is 9.80 Å². The Bertz CT molecular complexity index is 364. The Morgan fingerprint density at radius 2 is 1.86 bits per heavy atom. The molecular weight excluding hydrogens is 276 g/mol. The van der Waals surface area contributed by atoms with Crippen molar-refractivity contribution in [3.05, 3.63) is 0 Å². The van der Waals surface area contributed by atoms with E-state index in [4.69, 9.17) is 14.9 Å². The zero-order valence-corrected chi connectivity index (χ0v) is 12.2. The van der Waals surface area contributed by atoms with Crippen molar-refractivity contribution in [3.63, 3.8) is 0 Å². The quantitative estimate of drug-likeness (QED) is 0.715. The summed E-state index contributed by atoms with van der Waals surface area (Å²) in [6, 6.07) is 0.180. The van der Waals surface area contributed by atoms with Gasteiger partial charge >= 0.3 is 12.0 Å². The maximum absolute atomic E-state index is 12.5. The first-order valence-electron chi connectivity index (χ1n) is 7.61. The third kappa shape index (κ3) is 4.86. The van der Waals surface area contributed by atoms with Crippen molar-refractivity contribution in [2.24, 2.45) is 0 Å². The molecule has 21 heavy (non-hydrogen) atoms. The van der Waals surface area contributed by atoms with Gasteiger partial charge in [0.2, 0.25) is 0 Å². The van der Waals surface area contributed by atoms with Gasteiger partial charge in [0.05, 0.1) is 25.7 Å². The van der Waals surface area contributed by atoms with Crippen LogP contribution in [0.1, 0.15) is 32.1 Å². The van der Waals surface area contributed by atoms with E-state index in [1.54, 1.807) is 9.80 Å². The molecule has 120 valence electrons. The molecule has 1 saturated heterocycles. The Kier molecular flexibility index (Phi) is 5.81. The summed E-state index contributed by atoms with van der Waals surface area (Å²) in [5, 5.41) is 17.5. The molecule has 0 unspecified atom stereocenters. The molecule has 0 atom stereocenters. The van der Waals surface area contributed by atoms with E-state index >= 15 is 0 Å². The first-order chi connectivity index (χ1) is 10.1. The average molecular weight is 300 g/mol. The summed E-state index contributed by atoms with van der Waals surface area (Å²) in [6.07, 6.45) is 3.59. The smallest absolute Gasteiger partial charge is 0.320 e. The fraction of sp³-hybridized carbons (Fsp3) is 0.857. The van der Waals surface area contributed by atoms with Gasteiger partial charge in [-0.25, -0.2) is 4.79 Å². The lowest BCUT2D eigenvalue weighted by Gasteiger charge is -2.35. The first-order valence-corrected chi connectivity index (χ1v) is 7.61. The molecule has 2 N–H and O–H groups in total. The fourth-order valence-corrected chi connectivity index (χ4v) is 2.65. The number of hydrogen-bond donors (Lipinski definition) is 2. The van der Waals surface area contributed by atoms with Gasteiger partial charge in [-0.05, 0) is 25.7 Å². The molecule has 2 aliphatic rings. The van der Waals surface area contributed by atoms with Crippen molar-refractivity contribution >= 4 is 12.0 Å². The van der Waals surface area contributed by atoms with Crippen LogP contribution in [0.5, 0.6) is 0 Å². The highest BCUT2D eigenvalue weighted by atomic mass is 16.5. The van der Waals surface area contributed by atoms with E-state index in [0.29, 0.717) is 26.2 Å². The number of carboxylic acid groups (broad SMARTS) is 1. The maximum Gasteiger partial charge on any atom is 0.320 e. The molecule has 7 nitrogen and oxygen atoms in total. The number of hydrogen-bond acceptors (Lipinski definition) is 4. The van der Waals surface area contributed by atoms with Crippen LogP contribution in [0.2, 0.25) is 0 Å². The monoisotopic (exact) mass is 300 g/mol. The molecule has 1 aliphatic heterocycles. The SMILES string of the molecule is O=C(O)CCN(C(=O)N1CCC(OCCO)CC1)C1CC1. The van der Waals surface area contributed by atoms with Crippen LogP contribution >= 0.6 is 0 Å². The van der Waals surface area contributed by atoms with Gasteiger partial charge in [0.15, 0.2) is 0 Å². The normalized spacial score (nSPS) is 19.6. The largest absolute Gasteiger partial charge is 0.481 e. The van der Waals surface area contributed by atoms with Crippen molar-refractivity contribution in [2.45, 2.75) is 44.2 Å². The number of piperidine rings is 1. The molecule has 0 aromatic carbocycles. The molecule has 2 rings (SSSR count). The molecule has 0 spiro atoms. The van der Waals surface area contributed by atoms with Crippen molar-refractivity contribution < 1.29 is 24.5 Å². The van der Waals surface area contributed by atoms with E-state index in [1.165, 1.54) is 0 Å². The van der Waals surface area contributed by atoms with Crippen LogP contribution in [0.25, 0.3) is 0 Å². The number of aliphatic carboxylic acids is 1. The number of urea groups is 1. The van der Waals surface area contributed by atoms with E-state index in [9.17, 15) is 9.59 Å². The number of rotatable bonds is 7. The van der Waals surface area contributed by atoms with E-state index in [2.05, 4.69) is 0 Å². The van der Waals surface area contributed by atoms with Crippen LogP contribution < -0.4 is 0 Å². The van der Waals surface area contributed by atoms with Crippen molar-refractivity contribution in [1.29, 1.82) is 0 Å². The topological polar surface area (TPSA) is 90.3 Å². The van der Waals surface area contributed by atoms with Crippen LogP contribution in [-0.4, -0.2) is 77.0 Å². The highest BCUT2D eigenvalue weighted by molar-refractivity contribution is 5.76. The lowest BCUT2D eigenvalue weighted by Crippen LogP contribution is -2.49. The fourth-order valence-electron chi connectivity index (χ4n) is 2.65. The van der Waals surface area contributed by atoms with E-state index < -0.39 is 5.97 Å². The van der Waals surface area contributed by atoms with E-state index in [-0.39, 0.29) is 31.2 Å². The molecule has 2 fully saturated rings. The second kappa shape index (κ2) is 7.61. The van der Waals surface area contributed by atoms with Crippen LogP contribution in [0.15, 0.2) is 0 Å². The van der Waals surface area contributed by atoms with Gasteiger partial charge in [-0.2, -0.15) is 0 Å². The summed E-state index contributed by atoms with van der Waals surface area (Å²) < 4.78 is 5.48. The summed E-state index contributed by atoms with van der Waals surface area (Å²) in [5.41, 5.74) is 0. The molecule has 1 saturated carbocycles. The molecule has 0 bridgehead atoms. The zero-order valence-electron chi connectivity index (χ0n) is 12.2. The lowest BCUT2D eigenvalue weighted by atomic mass is 10.1. The number of aliphatic hydroxyl groups excluding tert-OH is 1. The molecular formula is C14H24N2O5. The summed E-state index contributed by atoms with van der Waals surface area (Å²) >= 11 is 0. The number of carbonyl (C=O) groups excluding carboxylic acids is 1. The molecule has 7 heteroatoms. The number of nitrogens with zero attached hydrogens (tertiary/aromatic N) is 2. The number of likely N-dealkylation sites (tertiary alicyclic amines) is 1. The minimum Gasteiger partial charge on any atom is -0.481 e. The minimum atomic E-state index is -0.871. The Labute approximate surface area is 124 Å². The molecule has 0 radical (unpaired) electrons. The zero-order chi connectivity index (χ0) is 15.2. The lowest BCUT2D eigenvalue weighted by molar-refractivity contribution is -0.137. The minimum absolute atomic E-state index is 0.00167. The van der Waals surface area contributed by atoms with Gasteiger partial charge in [-0.15, -0.1) is 0 Å². The first kappa shape index (κ1) is 16.0. The molecule has 0 aromatic rings. The Hall–Kier alpha value is -1.34. The number of aliphatic hydroxyl groups is 1. The molecule has 2 amide bonds. The Morgan fingerprint density at radius 1 is 1.19 bits per heavy atom. The number of ether oxygens (including phenoxy) is 1.